The summed E-state index contributed by atoms with van der Waals surface area (Å²) in [6.45, 7) is 1.75. The van der Waals surface area contributed by atoms with Gasteiger partial charge < -0.3 is 19.9 Å². The quantitative estimate of drug-likeness (QED) is 0.783. The van der Waals surface area contributed by atoms with Crippen molar-refractivity contribution in [2.45, 2.75) is 18.8 Å². The average Bonchev–Trinajstić information content (AvgIpc) is 2.79. The van der Waals surface area contributed by atoms with Gasteiger partial charge in [-0.15, -0.1) is 0 Å². The summed E-state index contributed by atoms with van der Waals surface area (Å²) in [4.78, 5) is 0. The molecule has 1 fully saturated rings. The third-order valence-corrected chi connectivity index (χ3v) is 3.32. The molecule has 0 amide bonds. The van der Waals surface area contributed by atoms with E-state index in [0.717, 1.165) is 19.4 Å². The molecule has 0 radical (unpaired) electrons. The molecule has 5 heteroatoms. The molecule has 2 aliphatic rings. The van der Waals surface area contributed by atoms with Gasteiger partial charge in [0.15, 0.2) is 23.1 Å². The molecule has 92 valence electrons. The SMILES string of the molecule is Oc1cc2c(c(C3CCCNC3)c1F)OCO2. The summed E-state index contributed by atoms with van der Waals surface area (Å²) in [5.41, 5.74) is 0.449. The Hall–Kier alpha value is -1.49. The summed E-state index contributed by atoms with van der Waals surface area (Å²) in [6, 6.07) is 1.28. The van der Waals surface area contributed by atoms with Gasteiger partial charge in [-0.25, -0.2) is 4.39 Å². The van der Waals surface area contributed by atoms with E-state index in [-0.39, 0.29) is 18.5 Å². The summed E-state index contributed by atoms with van der Waals surface area (Å²) >= 11 is 0. The van der Waals surface area contributed by atoms with Gasteiger partial charge in [0.1, 0.15) is 0 Å². The Kier molecular flexibility index (Phi) is 2.55. The van der Waals surface area contributed by atoms with E-state index in [2.05, 4.69) is 5.32 Å². The highest BCUT2D eigenvalue weighted by Gasteiger charge is 2.30. The Balaban J connectivity index is 2.07. The third-order valence-electron chi connectivity index (χ3n) is 3.32. The van der Waals surface area contributed by atoms with Crippen molar-refractivity contribution in [3.8, 4) is 17.2 Å². The van der Waals surface area contributed by atoms with Crippen LogP contribution in [0.1, 0.15) is 24.3 Å². The van der Waals surface area contributed by atoms with Crippen molar-refractivity contribution < 1.29 is 19.0 Å². The van der Waals surface area contributed by atoms with Crippen LogP contribution in [0, 0.1) is 5.82 Å². The van der Waals surface area contributed by atoms with E-state index in [0.29, 0.717) is 23.6 Å². The largest absolute Gasteiger partial charge is 0.505 e. The zero-order valence-corrected chi connectivity index (χ0v) is 9.33. The monoisotopic (exact) mass is 239 g/mol. The molecule has 0 saturated carbocycles. The van der Waals surface area contributed by atoms with E-state index in [4.69, 9.17) is 9.47 Å². The van der Waals surface area contributed by atoms with Crippen LogP contribution >= 0.6 is 0 Å². The minimum Gasteiger partial charge on any atom is -0.505 e. The van der Waals surface area contributed by atoms with Crippen LogP contribution in [-0.4, -0.2) is 25.0 Å². The van der Waals surface area contributed by atoms with Gasteiger partial charge in [0.2, 0.25) is 6.79 Å². The van der Waals surface area contributed by atoms with Gasteiger partial charge >= 0.3 is 0 Å². The van der Waals surface area contributed by atoms with E-state index >= 15 is 0 Å². The number of phenolic OH excluding ortho intramolecular Hbond substituents is 1. The molecule has 17 heavy (non-hydrogen) atoms. The highest BCUT2D eigenvalue weighted by atomic mass is 19.1. The number of halogens is 1. The molecule has 2 heterocycles. The molecule has 1 unspecified atom stereocenters. The summed E-state index contributed by atoms with van der Waals surface area (Å²) < 4.78 is 24.5. The fraction of sp³-hybridized carbons (Fsp3) is 0.500. The first-order chi connectivity index (χ1) is 8.27. The van der Waals surface area contributed by atoms with Crippen molar-refractivity contribution >= 4 is 0 Å². The lowest BCUT2D eigenvalue weighted by atomic mass is 9.90. The lowest BCUT2D eigenvalue weighted by Gasteiger charge is -2.24. The Labute approximate surface area is 98.3 Å². The van der Waals surface area contributed by atoms with Gasteiger partial charge in [-0.3, -0.25) is 0 Å². The van der Waals surface area contributed by atoms with Crippen LogP contribution < -0.4 is 14.8 Å². The van der Waals surface area contributed by atoms with Crippen molar-refractivity contribution in [3.63, 3.8) is 0 Å². The Bertz CT molecular complexity index is 444. The number of ether oxygens (including phenoxy) is 2. The average molecular weight is 239 g/mol. The number of aromatic hydroxyl groups is 1. The van der Waals surface area contributed by atoms with Gasteiger partial charge in [-0.1, -0.05) is 0 Å². The van der Waals surface area contributed by atoms with Crippen LogP contribution in [0.5, 0.6) is 17.2 Å². The molecule has 0 aliphatic carbocycles. The first-order valence-electron chi connectivity index (χ1n) is 5.79. The molecule has 0 spiro atoms. The zero-order valence-electron chi connectivity index (χ0n) is 9.33. The van der Waals surface area contributed by atoms with Crippen LogP contribution in [0.4, 0.5) is 4.39 Å². The lowest BCUT2D eigenvalue weighted by Crippen LogP contribution is -2.29. The van der Waals surface area contributed by atoms with Gasteiger partial charge in [0.05, 0.1) is 0 Å². The first-order valence-corrected chi connectivity index (χ1v) is 5.79. The molecular formula is C12H14FNO3. The van der Waals surface area contributed by atoms with Crippen LogP contribution in [0.3, 0.4) is 0 Å². The molecular weight excluding hydrogens is 225 g/mol. The van der Waals surface area contributed by atoms with Crippen LogP contribution in [0.25, 0.3) is 0 Å². The van der Waals surface area contributed by atoms with Gasteiger partial charge in [-0.2, -0.15) is 0 Å². The molecule has 3 rings (SSSR count). The molecule has 1 saturated heterocycles. The second kappa shape index (κ2) is 4.07. The number of fused-ring (bicyclic) bond motifs is 1. The summed E-state index contributed by atoms with van der Waals surface area (Å²) in [5, 5.41) is 12.8. The molecule has 1 aromatic rings. The van der Waals surface area contributed by atoms with Crippen LogP contribution in [0.15, 0.2) is 6.07 Å². The predicted octanol–water partition coefficient (Wildman–Crippen LogP) is 1.73. The minimum atomic E-state index is -0.581. The molecule has 2 aliphatic heterocycles. The number of nitrogens with one attached hydrogen (secondary N) is 1. The number of piperidine rings is 1. The van der Waals surface area contributed by atoms with Gasteiger partial charge in [0, 0.05) is 24.1 Å². The van der Waals surface area contributed by atoms with Crippen molar-refractivity contribution in [2.75, 3.05) is 19.9 Å². The Morgan fingerprint density at radius 3 is 3.06 bits per heavy atom. The lowest BCUT2D eigenvalue weighted by molar-refractivity contribution is 0.172. The number of phenols is 1. The number of rotatable bonds is 1. The molecule has 2 N–H and O–H groups in total. The minimum absolute atomic E-state index is 0.0336. The smallest absolute Gasteiger partial charge is 0.231 e. The van der Waals surface area contributed by atoms with Crippen LogP contribution in [0.2, 0.25) is 0 Å². The standard InChI is InChI=1S/C12H14FNO3/c13-11-8(15)4-9-12(17-6-16-9)10(11)7-2-1-3-14-5-7/h4,7,14-15H,1-3,5-6H2. The normalized spacial score (nSPS) is 22.8. The second-order valence-electron chi connectivity index (χ2n) is 4.40. The third kappa shape index (κ3) is 1.70. The summed E-state index contributed by atoms with van der Waals surface area (Å²) in [7, 11) is 0. The summed E-state index contributed by atoms with van der Waals surface area (Å²) in [5.74, 6) is -0.0254. The van der Waals surface area contributed by atoms with Gasteiger partial charge in [0.25, 0.3) is 0 Å². The maximum Gasteiger partial charge on any atom is 0.231 e. The highest BCUT2D eigenvalue weighted by molar-refractivity contribution is 5.55. The Morgan fingerprint density at radius 2 is 2.29 bits per heavy atom. The maximum absolute atomic E-state index is 14.0. The first kappa shape index (κ1) is 10.7. The van der Waals surface area contributed by atoms with E-state index in [9.17, 15) is 9.50 Å². The fourth-order valence-corrected chi connectivity index (χ4v) is 2.49. The predicted molar refractivity (Wildman–Crippen MR) is 59.0 cm³/mol. The molecule has 4 nitrogen and oxygen atoms in total. The van der Waals surface area contributed by atoms with Gasteiger partial charge in [-0.05, 0) is 19.4 Å². The van der Waals surface area contributed by atoms with Crippen molar-refractivity contribution in [1.29, 1.82) is 0 Å². The second-order valence-corrected chi connectivity index (χ2v) is 4.40. The topological polar surface area (TPSA) is 50.7 Å². The maximum atomic E-state index is 14.0. The molecule has 1 atom stereocenters. The number of hydrogen-bond donors (Lipinski definition) is 2. The fourth-order valence-electron chi connectivity index (χ4n) is 2.49. The van der Waals surface area contributed by atoms with Crippen molar-refractivity contribution in [1.82, 2.24) is 5.32 Å². The molecule has 1 aromatic carbocycles. The summed E-state index contributed by atoms with van der Waals surface area (Å²) in [6.07, 6.45) is 1.89. The Morgan fingerprint density at radius 1 is 1.41 bits per heavy atom. The van der Waals surface area contributed by atoms with Crippen molar-refractivity contribution in [2.24, 2.45) is 0 Å². The molecule has 0 aromatic heterocycles. The number of hydrogen-bond acceptors (Lipinski definition) is 4. The van der Waals surface area contributed by atoms with Crippen molar-refractivity contribution in [3.05, 3.63) is 17.4 Å². The highest BCUT2D eigenvalue weighted by Crippen LogP contribution is 2.45. The molecule has 0 bridgehead atoms. The number of benzene rings is 1. The zero-order chi connectivity index (χ0) is 11.8. The van der Waals surface area contributed by atoms with E-state index in [1.54, 1.807) is 0 Å². The van der Waals surface area contributed by atoms with E-state index in [1.807, 2.05) is 0 Å². The van der Waals surface area contributed by atoms with E-state index < -0.39 is 5.82 Å². The van der Waals surface area contributed by atoms with E-state index in [1.165, 1.54) is 6.07 Å². The van der Waals surface area contributed by atoms with Crippen LogP contribution in [-0.2, 0) is 0 Å².